The lowest BCUT2D eigenvalue weighted by Gasteiger charge is -2.19. The van der Waals surface area contributed by atoms with Gasteiger partial charge in [0.15, 0.2) is 0 Å². The van der Waals surface area contributed by atoms with Gasteiger partial charge in [-0.25, -0.2) is 0 Å². The van der Waals surface area contributed by atoms with Crippen LogP contribution in [-0.2, 0) is 0 Å². The van der Waals surface area contributed by atoms with E-state index >= 15 is 0 Å². The molecule has 0 amide bonds. The highest BCUT2D eigenvalue weighted by Crippen LogP contribution is 2.25. The number of hydrogen-bond acceptors (Lipinski definition) is 1. The van der Waals surface area contributed by atoms with E-state index in [1.807, 2.05) is 36.4 Å². The fraction of sp³-hybridized carbons (Fsp3) is 0.200. The van der Waals surface area contributed by atoms with Crippen LogP contribution in [0.2, 0.25) is 0 Å². The van der Waals surface area contributed by atoms with Crippen LogP contribution in [0.5, 0.6) is 0 Å². The number of rotatable bonds is 0. The molecule has 0 spiro atoms. The highest BCUT2D eigenvalue weighted by Gasteiger charge is 2.22. The molecule has 1 aliphatic carbocycles. The van der Waals surface area contributed by atoms with Crippen molar-refractivity contribution in [2.45, 2.75) is 12.1 Å². The summed E-state index contributed by atoms with van der Waals surface area (Å²) in [5.74, 6) is 0. The lowest BCUT2D eigenvalue weighted by atomic mass is 9.92. The Morgan fingerprint density at radius 2 is 2.00 bits per heavy atom. The van der Waals surface area contributed by atoms with Crippen LogP contribution < -0.4 is 5.73 Å². The van der Waals surface area contributed by atoms with Crippen LogP contribution in [-0.4, -0.2) is 11.1 Å². The summed E-state index contributed by atoms with van der Waals surface area (Å²) >= 11 is 0. The molecule has 4 N–H and O–H groups in total. The van der Waals surface area contributed by atoms with Crippen molar-refractivity contribution >= 4 is 6.08 Å². The molecule has 0 radical (unpaired) electrons. The molecule has 2 nitrogen and oxygen atoms in total. The van der Waals surface area contributed by atoms with Gasteiger partial charge >= 0.3 is 0 Å². The van der Waals surface area contributed by atoms with E-state index in [2.05, 4.69) is 5.73 Å². The van der Waals surface area contributed by atoms with Gasteiger partial charge in [0, 0.05) is 0 Å². The normalized spacial score (nSPS) is 26.8. The van der Waals surface area contributed by atoms with Gasteiger partial charge in [-0.2, -0.15) is 0 Å². The van der Waals surface area contributed by atoms with E-state index in [1.165, 1.54) is 0 Å². The summed E-state index contributed by atoms with van der Waals surface area (Å²) in [6.45, 7) is 0. The number of hydrogen-bond donors (Lipinski definition) is 2. The Morgan fingerprint density at radius 1 is 1.25 bits per heavy atom. The summed E-state index contributed by atoms with van der Waals surface area (Å²) in [6.07, 6.45) is 3.51. The molecule has 0 aliphatic heterocycles. The summed E-state index contributed by atoms with van der Waals surface area (Å²) < 4.78 is 0. The third-order valence-electron chi connectivity index (χ3n) is 2.24. The topological polar surface area (TPSA) is 47.9 Å². The molecule has 0 saturated heterocycles. The molecule has 0 aromatic heterocycles. The maximum atomic E-state index is 9.72. The Hall–Kier alpha value is -1.12. The molecule has 1 aromatic carbocycles. The first-order valence-corrected chi connectivity index (χ1v) is 4.07. The molecule has 0 unspecified atom stereocenters. The number of aliphatic hydroxyl groups excluding tert-OH is 1. The van der Waals surface area contributed by atoms with E-state index in [4.69, 9.17) is 0 Å². The number of fused-ring (bicyclic) bond motifs is 1. The molecule has 62 valence electrons. The summed E-state index contributed by atoms with van der Waals surface area (Å²) in [5, 5.41) is 9.72. The fourth-order valence-electron chi connectivity index (χ4n) is 1.50. The number of aliphatic hydroxyl groups is 1. The van der Waals surface area contributed by atoms with E-state index in [-0.39, 0.29) is 6.04 Å². The molecule has 1 aromatic rings. The fourth-order valence-corrected chi connectivity index (χ4v) is 1.50. The molecule has 12 heavy (non-hydrogen) atoms. The van der Waals surface area contributed by atoms with Crippen molar-refractivity contribution in [1.82, 2.24) is 0 Å². The molecule has 2 heteroatoms. The van der Waals surface area contributed by atoms with Gasteiger partial charge in [0.1, 0.15) is 12.1 Å². The summed E-state index contributed by atoms with van der Waals surface area (Å²) in [7, 11) is 0. The first-order valence-electron chi connectivity index (χ1n) is 4.07. The van der Waals surface area contributed by atoms with Crippen molar-refractivity contribution in [3.8, 4) is 0 Å². The Balaban J connectivity index is 2.52. The van der Waals surface area contributed by atoms with E-state index in [0.717, 1.165) is 11.1 Å². The van der Waals surface area contributed by atoms with E-state index in [9.17, 15) is 5.11 Å². The van der Waals surface area contributed by atoms with E-state index < -0.39 is 6.10 Å². The second kappa shape index (κ2) is 2.73. The minimum atomic E-state index is -0.439. The van der Waals surface area contributed by atoms with Gasteiger partial charge in [-0.3, -0.25) is 0 Å². The predicted octanol–water partition coefficient (Wildman–Crippen LogP) is 0.357. The average molecular weight is 162 g/mol. The summed E-state index contributed by atoms with van der Waals surface area (Å²) in [5.41, 5.74) is 5.93. The van der Waals surface area contributed by atoms with Crippen LogP contribution in [0.3, 0.4) is 0 Å². The van der Waals surface area contributed by atoms with E-state index in [0.29, 0.717) is 0 Å². The van der Waals surface area contributed by atoms with Crippen molar-refractivity contribution in [2.24, 2.45) is 0 Å². The van der Waals surface area contributed by atoms with Gasteiger partial charge < -0.3 is 10.8 Å². The first kappa shape index (κ1) is 7.53. The van der Waals surface area contributed by atoms with Crippen LogP contribution >= 0.6 is 0 Å². The third-order valence-corrected chi connectivity index (χ3v) is 2.24. The van der Waals surface area contributed by atoms with Crippen molar-refractivity contribution in [3.63, 3.8) is 0 Å². The van der Waals surface area contributed by atoms with Crippen molar-refractivity contribution < 1.29 is 10.8 Å². The SMILES string of the molecule is [NH3+][C@H]1C=Cc2ccccc2[C@H]1O. The highest BCUT2D eigenvalue weighted by atomic mass is 16.3. The van der Waals surface area contributed by atoms with Gasteiger partial charge in [0.05, 0.1) is 0 Å². The highest BCUT2D eigenvalue weighted by molar-refractivity contribution is 5.57. The standard InChI is InChI=1S/C10H11NO/c11-9-6-5-7-3-1-2-4-8(7)10(9)12/h1-6,9-10,12H,11H2/p+1/t9-,10+/m0/s1. The molecule has 2 atom stereocenters. The van der Waals surface area contributed by atoms with Gasteiger partial charge in [-0.1, -0.05) is 30.3 Å². The molecule has 1 aliphatic rings. The molecule has 0 fully saturated rings. The van der Waals surface area contributed by atoms with Gasteiger partial charge in [-0.05, 0) is 17.2 Å². The maximum Gasteiger partial charge on any atom is 0.135 e. The number of benzene rings is 1. The van der Waals surface area contributed by atoms with Crippen molar-refractivity contribution in [1.29, 1.82) is 0 Å². The van der Waals surface area contributed by atoms with Crippen LogP contribution in [0.15, 0.2) is 30.3 Å². The van der Waals surface area contributed by atoms with E-state index in [1.54, 1.807) is 0 Å². The zero-order chi connectivity index (χ0) is 8.55. The number of quaternary nitrogens is 1. The molecule has 2 rings (SSSR count). The third kappa shape index (κ3) is 1.05. The second-order valence-corrected chi connectivity index (χ2v) is 3.10. The van der Waals surface area contributed by atoms with Crippen LogP contribution in [0.25, 0.3) is 6.08 Å². The predicted molar refractivity (Wildman–Crippen MR) is 47.1 cm³/mol. The Kier molecular flexibility index (Phi) is 1.71. The zero-order valence-corrected chi connectivity index (χ0v) is 6.77. The minimum Gasteiger partial charge on any atom is -0.382 e. The maximum absolute atomic E-state index is 9.72. The van der Waals surface area contributed by atoms with Gasteiger partial charge in [0.25, 0.3) is 0 Å². The largest absolute Gasteiger partial charge is 0.382 e. The summed E-state index contributed by atoms with van der Waals surface area (Å²) in [6, 6.07) is 7.84. The minimum absolute atomic E-state index is 0.0140. The lowest BCUT2D eigenvalue weighted by molar-refractivity contribution is -0.422. The molecule has 0 heterocycles. The monoisotopic (exact) mass is 162 g/mol. The Morgan fingerprint density at radius 3 is 2.83 bits per heavy atom. The molecular formula is C10H12NO+. The molecule has 0 bridgehead atoms. The molecule has 0 saturated carbocycles. The quantitative estimate of drug-likeness (QED) is 0.568. The smallest absolute Gasteiger partial charge is 0.135 e. The van der Waals surface area contributed by atoms with Gasteiger partial charge in [0.2, 0.25) is 0 Å². The average Bonchev–Trinajstić information content (AvgIpc) is 2.12. The second-order valence-electron chi connectivity index (χ2n) is 3.10. The zero-order valence-electron chi connectivity index (χ0n) is 6.77. The first-order chi connectivity index (χ1) is 5.79. The van der Waals surface area contributed by atoms with Crippen LogP contribution in [0, 0.1) is 0 Å². The Labute approximate surface area is 71.3 Å². The van der Waals surface area contributed by atoms with Crippen molar-refractivity contribution in [2.75, 3.05) is 0 Å². The summed E-state index contributed by atoms with van der Waals surface area (Å²) in [4.78, 5) is 0. The lowest BCUT2D eigenvalue weighted by Crippen LogP contribution is -2.63. The molecular weight excluding hydrogens is 150 g/mol. The van der Waals surface area contributed by atoms with Crippen LogP contribution in [0.1, 0.15) is 17.2 Å². The van der Waals surface area contributed by atoms with Gasteiger partial charge in [-0.15, -0.1) is 0 Å². The Bertz CT molecular complexity index is 319. The van der Waals surface area contributed by atoms with Crippen LogP contribution in [0.4, 0.5) is 0 Å². The van der Waals surface area contributed by atoms with Crippen molar-refractivity contribution in [3.05, 3.63) is 41.5 Å².